The van der Waals surface area contributed by atoms with Gasteiger partial charge in [0.2, 0.25) is 5.91 Å². The second-order valence-corrected chi connectivity index (χ2v) is 6.77. The number of carbonyl (C=O) groups is 2. The van der Waals surface area contributed by atoms with Gasteiger partial charge in [-0.05, 0) is 37.1 Å². The van der Waals surface area contributed by atoms with Gasteiger partial charge in [-0.15, -0.1) is 11.3 Å². The first-order valence-corrected chi connectivity index (χ1v) is 9.18. The number of anilines is 1. The highest BCUT2D eigenvalue weighted by molar-refractivity contribution is 7.07. The Hall–Kier alpha value is -2.62. The Balaban J connectivity index is 1.59. The van der Waals surface area contributed by atoms with Gasteiger partial charge in [-0.3, -0.25) is 4.79 Å². The first kappa shape index (κ1) is 19.2. The van der Waals surface area contributed by atoms with E-state index in [0.717, 1.165) is 17.8 Å². The Morgan fingerprint density at radius 2 is 2.00 bits per heavy atom. The molecule has 1 aliphatic rings. The lowest BCUT2D eigenvalue weighted by Crippen LogP contribution is -2.47. The molecule has 144 valence electrons. The van der Waals surface area contributed by atoms with Crippen LogP contribution in [0.25, 0.3) is 0 Å². The van der Waals surface area contributed by atoms with Crippen molar-refractivity contribution in [3.63, 3.8) is 0 Å². The predicted octanol–water partition coefficient (Wildman–Crippen LogP) is 3.47. The van der Waals surface area contributed by atoms with Crippen molar-refractivity contribution in [2.24, 2.45) is 0 Å². The fourth-order valence-corrected chi connectivity index (χ4v) is 3.40. The fourth-order valence-electron chi connectivity index (χ4n) is 2.84. The number of carbonyl (C=O) groups excluding carboxylic acids is 2. The minimum absolute atomic E-state index is 0.238. The van der Waals surface area contributed by atoms with Gasteiger partial charge in [0, 0.05) is 17.6 Å². The van der Waals surface area contributed by atoms with E-state index in [1.807, 2.05) is 5.38 Å². The topological polar surface area (TPSA) is 74.3 Å². The van der Waals surface area contributed by atoms with Crippen LogP contribution in [0.2, 0.25) is 0 Å². The number of aromatic nitrogens is 1. The number of nitrogens with one attached hydrogen (secondary N) is 2. The van der Waals surface area contributed by atoms with Crippen LogP contribution in [0.4, 0.5) is 23.7 Å². The normalized spacial score (nSPS) is 17.0. The molecule has 3 amide bonds. The van der Waals surface area contributed by atoms with E-state index in [1.165, 1.54) is 28.4 Å². The number of thiazole rings is 1. The van der Waals surface area contributed by atoms with E-state index in [0.29, 0.717) is 19.4 Å². The number of nitrogens with zero attached hydrogens (tertiary/aromatic N) is 2. The van der Waals surface area contributed by atoms with Crippen LogP contribution in [0.15, 0.2) is 35.2 Å². The van der Waals surface area contributed by atoms with Crippen molar-refractivity contribution in [3.8, 4) is 0 Å². The average Bonchev–Trinajstić information content (AvgIpc) is 3.31. The van der Waals surface area contributed by atoms with Gasteiger partial charge in [0.25, 0.3) is 0 Å². The van der Waals surface area contributed by atoms with Crippen LogP contribution in [0, 0.1) is 0 Å². The van der Waals surface area contributed by atoms with E-state index in [4.69, 9.17) is 0 Å². The maximum absolute atomic E-state index is 12.6. The molecule has 3 rings (SSSR count). The lowest BCUT2D eigenvalue weighted by Gasteiger charge is -2.24. The highest BCUT2D eigenvalue weighted by atomic mass is 32.1. The van der Waals surface area contributed by atoms with Gasteiger partial charge in [0.05, 0.1) is 23.3 Å². The van der Waals surface area contributed by atoms with Crippen molar-refractivity contribution < 1.29 is 22.8 Å². The van der Waals surface area contributed by atoms with Gasteiger partial charge in [0.1, 0.15) is 6.04 Å². The van der Waals surface area contributed by atoms with Crippen LogP contribution in [-0.4, -0.2) is 34.4 Å². The van der Waals surface area contributed by atoms with E-state index in [9.17, 15) is 22.8 Å². The number of hydrogen-bond acceptors (Lipinski definition) is 4. The van der Waals surface area contributed by atoms with E-state index in [-0.39, 0.29) is 18.1 Å². The van der Waals surface area contributed by atoms with Crippen molar-refractivity contribution >= 4 is 29.0 Å². The van der Waals surface area contributed by atoms with Crippen LogP contribution < -0.4 is 10.6 Å². The first-order chi connectivity index (χ1) is 12.8. The van der Waals surface area contributed by atoms with Crippen LogP contribution in [0.5, 0.6) is 0 Å². The van der Waals surface area contributed by atoms with Gasteiger partial charge in [-0.25, -0.2) is 9.78 Å². The third kappa shape index (κ3) is 4.76. The Morgan fingerprint density at radius 1 is 1.26 bits per heavy atom. The zero-order chi connectivity index (χ0) is 19.4. The van der Waals surface area contributed by atoms with Gasteiger partial charge in [-0.2, -0.15) is 13.2 Å². The third-order valence-electron chi connectivity index (χ3n) is 4.21. The number of alkyl halides is 3. The standard InChI is InChI=1S/C17H17F3N4O2S/c18-17(19,20)11-3-5-12(6-4-11)23-16(26)24-7-1-2-14(24)15(25)21-8-13-9-27-10-22-13/h3-6,9-10,14H,1-2,7-8H2,(H,21,25)(H,23,26). The maximum atomic E-state index is 12.6. The van der Waals surface area contributed by atoms with Crippen LogP contribution in [0.1, 0.15) is 24.1 Å². The van der Waals surface area contributed by atoms with Gasteiger partial charge < -0.3 is 15.5 Å². The summed E-state index contributed by atoms with van der Waals surface area (Å²) in [6.45, 7) is 0.689. The van der Waals surface area contributed by atoms with Crippen molar-refractivity contribution in [3.05, 3.63) is 46.4 Å². The Labute approximate surface area is 157 Å². The summed E-state index contributed by atoms with van der Waals surface area (Å²) in [5.41, 5.74) is 1.86. The minimum atomic E-state index is -4.43. The molecular formula is C17H17F3N4O2S. The molecule has 0 aliphatic carbocycles. The monoisotopic (exact) mass is 398 g/mol. The number of urea groups is 1. The molecule has 2 N–H and O–H groups in total. The number of rotatable bonds is 4. The molecule has 10 heteroatoms. The zero-order valence-corrected chi connectivity index (χ0v) is 14.9. The van der Waals surface area contributed by atoms with Crippen LogP contribution in [0.3, 0.4) is 0 Å². The van der Waals surface area contributed by atoms with E-state index in [2.05, 4.69) is 15.6 Å². The van der Waals surface area contributed by atoms with Crippen LogP contribution in [-0.2, 0) is 17.5 Å². The van der Waals surface area contributed by atoms with Gasteiger partial charge in [-0.1, -0.05) is 0 Å². The fraction of sp³-hybridized carbons (Fsp3) is 0.353. The second-order valence-electron chi connectivity index (χ2n) is 6.05. The molecule has 1 aromatic carbocycles. The Bertz CT molecular complexity index is 794. The molecule has 1 aliphatic heterocycles. The number of amides is 3. The Kier molecular flexibility index (Phi) is 5.64. The van der Waals surface area contributed by atoms with Crippen LogP contribution >= 0.6 is 11.3 Å². The summed E-state index contributed by atoms with van der Waals surface area (Å²) in [6, 6.07) is 3.05. The Morgan fingerprint density at radius 3 is 2.63 bits per heavy atom. The molecule has 0 radical (unpaired) electrons. The molecule has 0 saturated carbocycles. The molecule has 2 heterocycles. The third-order valence-corrected chi connectivity index (χ3v) is 4.84. The van der Waals surface area contributed by atoms with Crippen molar-refractivity contribution in [2.45, 2.75) is 31.6 Å². The molecule has 1 fully saturated rings. The molecule has 1 unspecified atom stereocenters. The maximum Gasteiger partial charge on any atom is 0.416 e. The summed E-state index contributed by atoms with van der Waals surface area (Å²) < 4.78 is 37.8. The summed E-state index contributed by atoms with van der Waals surface area (Å²) in [6.07, 6.45) is -3.23. The lowest BCUT2D eigenvalue weighted by atomic mass is 10.2. The highest BCUT2D eigenvalue weighted by Crippen LogP contribution is 2.30. The molecule has 0 bridgehead atoms. The summed E-state index contributed by atoms with van der Waals surface area (Å²) in [7, 11) is 0. The smallest absolute Gasteiger partial charge is 0.349 e. The highest BCUT2D eigenvalue weighted by Gasteiger charge is 2.34. The predicted molar refractivity (Wildman–Crippen MR) is 94.2 cm³/mol. The second kappa shape index (κ2) is 7.95. The molecule has 2 aromatic rings. The minimum Gasteiger partial charge on any atom is -0.349 e. The summed E-state index contributed by atoms with van der Waals surface area (Å²) in [5.74, 6) is -0.275. The lowest BCUT2D eigenvalue weighted by molar-refractivity contribution is -0.137. The largest absolute Gasteiger partial charge is 0.416 e. The number of halogens is 3. The molecule has 1 saturated heterocycles. The van der Waals surface area contributed by atoms with Crippen molar-refractivity contribution in [1.82, 2.24) is 15.2 Å². The van der Waals surface area contributed by atoms with E-state index < -0.39 is 23.8 Å². The molecule has 0 spiro atoms. The first-order valence-electron chi connectivity index (χ1n) is 8.24. The number of benzene rings is 1. The van der Waals surface area contributed by atoms with E-state index in [1.54, 1.807) is 5.51 Å². The molecule has 27 heavy (non-hydrogen) atoms. The van der Waals surface area contributed by atoms with Crippen molar-refractivity contribution in [1.29, 1.82) is 0 Å². The zero-order valence-electron chi connectivity index (χ0n) is 14.1. The number of hydrogen-bond donors (Lipinski definition) is 2. The summed E-state index contributed by atoms with van der Waals surface area (Å²) >= 11 is 1.43. The SMILES string of the molecule is O=C(NCc1cscn1)C1CCCN1C(=O)Nc1ccc(C(F)(F)F)cc1. The van der Waals surface area contributed by atoms with Gasteiger partial charge in [0.15, 0.2) is 0 Å². The van der Waals surface area contributed by atoms with E-state index >= 15 is 0 Å². The summed E-state index contributed by atoms with van der Waals surface area (Å²) in [4.78, 5) is 30.3. The van der Waals surface area contributed by atoms with Gasteiger partial charge >= 0.3 is 12.2 Å². The van der Waals surface area contributed by atoms with Crippen molar-refractivity contribution in [2.75, 3.05) is 11.9 Å². The molecular weight excluding hydrogens is 381 g/mol. The molecule has 1 aromatic heterocycles. The number of likely N-dealkylation sites (tertiary alicyclic amines) is 1. The average molecular weight is 398 g/mol. The molecule has 6 nitrogen and oxygen atoms in total. The molecule has 1 atom stereocenters. The summed E-state index contributed by atoms with van der Waals surface area (Å²) in [5, 5.41) is 7.13. The quantitative estimate of drug-likeness (QED) is 0.828.